The Morgan fingerprint density at radius 3 is 2.61 bits per heavy atom. The molecule has 2 fully saturated rings. The number of rotatable bonds is 2. The number of likely N-dealkylation sites (N-methyl/N-ethyl adjacent to an activating group) is 1. The maximum atomic E-state index is 11.8. The van der Waals surface area contributed by atoms with Crippen molar-refractivity contribution < 1.29 is 9.90 Å². The SMILES string of the molecule is CN1CCN(c2ccccc2C2(O)CC2)CC1=O. The summed E-state index contributed by atoms with van der Waals surface area (Å²) in [7, 11) is 1.83. The molecule has 0 spiro atoms. The van der Waals surface area contributed by atoms with Gasteiger partial charge in [0.05, 0.1) is 12.1 Å². The smallest absolute Gasteiger partial charge is 0.241 e. The third kappa shape index (κ3) is 1.86. The van der Waals surface area contributed by atoms with Gasteiger partial charge in [-0.1, -0.05) is 18.2 Å². The summed E-state index contributed by atoms with van der Waals surface area (Å²) in [5, 5.41) is 10.3. The van der Waals surface area contributed by atoms with Gasteiger partial charge in [0.2, 0.25) is 5.91 Å². The Kier molecular flexibility index (Phi) is 2.55. The Labute approximate surface area is 107 Å². The van der Waals surface area contributed by atoms with Crippen molar-refractivity contribution in [2.45, 2.75) is 18.4 Å². The molecule has 1 saturated carbocycles. The van der Waals surface area contributed by atoms with Crippen molar-refractivity contribution in [1.29, 1.82) is 0 Å². The predicted octanol–water partition coefficient (Wildman–Crippen LogP) is 0.946. The number of para-hydroxylation sites is 1. The van der Waals surface area contributed by atoms with Crippen LogP contribution in [0.25, 0.3) is 0 Å². The average molecular weight is 246 g/mol. The van der Waals surface area contributed by atoms with Crippen LogP contribution in [0.15, 0.2) is 24.3 Å². The Morgan fingerprint density at radius 1 is 1.22 bits per heavy atom. The number of hydrogen-bond acceptors (Lipinski definition) is 3. The van der Waals surface area contributed by atoms with Crippen molar-refractivity contribution in [2.24, 2.45) is 0 Å². The lowest BCUT2D eigenvalue weighted by Gasteiger charge is -2.35. The van der Waals surface area contributed by atoms with Gasteiger partial charge in [-0.05, 0) is 18.9 Å². The first-order valence-corrected chi connectivity index (χ1v) is 6.41. The fourth-order valence-electron chi connectivity index (χ4n) is 2.49. The van der Waals surface area contributed by atoms with Crippen LogP contribution in [0.4, 0.5) is 5.69 Å². The van der Waals surface area contributed by atoms with Crippen molar-refractivity contribution in [3.05, 3.63) is 29.8 Å². The highest BCUT2D eigenvalue weighted by Crippen LogP contribution is 2.48. The van der Waals surface area contributed by atoms with E-state index in [0.29, 0.717) is 6.54 Å². The molecule has 4 heteroatoms. The molecule has 0 unspecified atom stereocenters. The van der Waals surface area contributed by atoms with Crippen LogP contribution in [0.2, 0.25) is 0 Å². The summed E-state index contributed by atoms with van der Waals surface area (Å²) in [5.41, 5.74) is 1.34. The van der Waals surface area contributed by atoms with Crippen molar-refractivity contribution >= 4 is 11.6 Å². The van der Waals surface area contributed by atoms with E-state index >= 15 is 0 Å². The molecule has 0 radical (unpaired) electrons. The molecule has 0 bridgehead atoms. The highest BCUT2D eigenvalue weighted by atomic mass is 16.3. The lowest BCUT2D eigenvalue weighted by atomic mass is 10.0. The first kappa shape index (κ1) is 11.5. The molecular formula is C14H18N2O2. The molecule has 1 aliphatic heterocycles. The minimum Gasteiger partial charge on any atom is -0.385 e. The molecule has 1 aliphatic carbocycles. The van der Waals surface area contributed by atoms with Crippen LogP contribution in [0.1, 0.15) is 18.4 Å². The van der Waals surface area contributed by atoms with Crippen LogP contribution in [-0.4, -0.2) is 42.6 Å². The topological polar surface area (TPSA) is 43.8 Å². The second kappa shape index (κ2) is 3.99. The van der Waals surface area contributed by atoms with Gasteiger partial charge in [-0.25, -0.2) is 0 Å². The molecule has 1 aromatic rings. The normalized spacial score (nSPS) is 22.2. The van der Waals surface area contributed by atoms with Gasteiger partial charge in [0.25, 0.3) is 0 Å². The number of carbonyl (C=O) groups is 1. The van der Waals surface area contributed by atoms with Crippen LogP contribution in [-0.2, 0) is 10.4 Å². The average Bonchev–Trinajstić information content (AvgIpc) is 3.12. The van der Waals surface area contributed by atoms with Crippen molar-refractivity contribution in [3.8, 4) is 0 Å². The molecule has 1 amide bonds. The molecule has 18 heavy (non-hydrogen) atoms. The van der Waals surface area contributed by atoms with Crippen LogP contribution in [0, 0.1) is 0 Å². The minimum atomic E-state index is -0.650. The van der Waals surface area contributed by atoms with E-state index in [-0.39, 0.29) is 5.91 Å². The van der Waals surface area contributed by atoms with Crippen molar-refractivity contribution in [1.82, 2.24) is 4.90 Å². The summed E-state index contributed by atoms with van der Waals surface area (Å²) in [6.07, 6.45) is 1.65. The molecular weight excluding hydrogens is 228 g/mol. The number of nitrogens with zero attached hydrogens (tertiary/aromatic N) is 2. The molecule has 0 atom stereocenters. The van der Waals surface area contributed by atoms with E-state index in [0.717, 1.165) is 37.2 Å². The maximum absolute atomic E-state index is 11.8. The van der Waals surface area contributed by atoms with Crippen LogP contribution >= 0.6 is 0 Å². The first-order chi connectivity index (χ1) is 8.60. The van der Waals surface area contributed by atoms with Crippen molar-refractivity contribution in [3.63, 3.8) is 0 Å². The minimum absolute atomic E-state index is 0.138. The van der Waals surface area contributed by atoms with Gasteiger partial charge in [-0.3, -0.25) is 4.79 Å². The molecule has 0 aromatic heterocycles. The molecule has 4 nitrogen and oxygen atoms in total. The van der Waals surface area contributed by atoms with Gasteiger partial charge in [-0.2, -0.15) is 0 Å². The molecule has 1 saturated heterocycles. The number of benzene rings is 1. The van der Waals surface area contributed by atoms with Gasteiger partial charge in [0.1, 0.15) is 0 Å². The fourth-order valence-corrected chi connectivity index (χ4v) is 2.49. The molecule has 1 heterocycles. The van der Waals surface area contributed by atoms with E-state index in [1.54, 1.807) is 4.90 Å². The summed E-state index contributed by atoms with van der Waals surface area (Å²) in [6, 6.07) is 7.90. The number of carbonyl (C=O) groups excluding carboxylic acids is 1. The third-order valence-electron chi connectivity index (χ3n) is 3.93. The van der Waals surface area contributed by atoms with Gasteiger partial charge in [-0.15, -0.1) is 0 Å². The third-order valence-corrected chi connectivity index (χ3v) is 3.93. The molecule has 1 N–H and O–H groups in total. The van der Waals surface area contributed by atoms with Crippen molar-refractivity contribution in [2.75, 3.05) is 31.6 Å². The Morgan fingerprint density at radius 2 is 1.94 bits per heavy atom. The molecule has 3 rings (SSSR count). The molecule has 1 aromatic carbocycles. The summed E-state index contributed by atoms with van der Waals surface area (Å²) in [6.45, 7) is 1.98. The highest BCUT2D eigenvalue weighted by Gasteiger charge is 2.44. The monoisotopic (exact) mass is 246 g/mol. The Balaban J connectivity index is 1.90. The molecule has 2 aliphatic rings. The second-order valence-electron chi connectivity index (χ2n) is 5.29. The van der Waals surface area contributed by atoms with E-state index in [1.165, 1.54) is 0 Å². The lowest BCUT2D eigenvalue weighted by Crippen LogP contribution is -2.49. The lowest BCUT2D eigenvalue weighted by molar-refractivity contribution is -0.129. The maximum Gasteiger partial charge on any atom is 0.241 e. The Hall–Kier alpha value is -1.55. The Bertz CT molecular complexity index is 482. The zero-order valence-corrected chi connectivity index (χ0v) is 10.6. The first-order valence-electron chi connectivity index (χ1n) is 6.41. The van der Waals surface area contributed by atoms with Crippen LogP contribution in [0.3, 0.4) is 0 Å². The van der Waals surface area contributed by atoms with Gasteiger partial charge in [0, 0.05) is 31.4 Å². The summed E-state index contributed by atoms with van der Waals surface area (Å²) >= 11 is 0. The van der Waals surface area contributed by atoms with E-state index in [2.05, 4.69) is 4.90 Å². The zero-order chi connectivity index (χ0) is 12.8. The molecule has 96 valence electrons. The van der Waals surface area contributed by atoms with E-state index in [9.17, 15) is 9.90 Å². The standard InChI is InChI=1S/C14H18N2O2/c1-15-8-9-16(10-13(15)17)12-5-3-2-4-11(12)14(18)6-7-14/h2-5,18H,6-10H2,1H3. The quantitative estimate of drug-likeness (QED) is 0.845. The van der Waals surface area contributed by atoms with Gasteiger partial charge < -0.3 is 14.9 Å². The summed E-state index contributed by atoms with van der Waals surface area (Å²) < 4.78 is 0. The van der Waals surface area contributed by atoms with Gasteiger partial charge >= 0.3 is 0 Å². The van der Waals surface area contributed by atoms with Crippen LogP contribution in [0.5, 0.6) is 0 Å². The fraction of sp³-hybridized carbons (Fsp3) is 0.500. The van der Waals surface area contributed by atoms with E-state index in [4.69, 9.17) is 0 Å². The summed E-state index contributed by atoms with van der Waals surface area (Å²) in [5.74, 6) is 0.138. The van der Waals surface area contributed by atoms with Gasteiger partial charge in [0.15, 0.2) is 0 Å². The zero-order valence-electron chi connectivity index (χ0n) is 10.6. The van der Waals surface area contributed by atoms with E-state index < -0.39 is 5.60 Å². The van der Waals surface area contributed by atoms with E-state index in [1.807, 2.05) is 31.3 Å². The number of piperazine rings is 1. The largest absolute Gasteiger partial charge is 0.385 e. The summed E-state index contributed by atoms with van der Waals surface area (Å²) in [4.78, 5) is 15.6. The number of hydrogen-bond donors (Lipinski definition) is 1. The van der Waals surface area contributed by atoms with Crippen LogP contribution < -0.4 is 4.90 Å². The number of amides is 1. The number of aliphatic hydroxyl groups is 1. The second-order valence-corrected chi connectivity index (χ2v) is 5.29. The highest BCUT2D eigenvalue weighted by molar-refractivity contribution is 5.83. The predicted molar refractivity (Wildman–Crippen MR) is 69.4 cm³/mol. The number of anilines is 1.